The lowest BCUT2D eigenvalue weighted by Gasteiger charge is -2.10. The van der Waals surface area contributed by atoms with Gasteiger partial charge in [-0.25, -0.2) is 4.79 Å². The van der Waals surface area contributed by atoms with E-state index in [1.165, 1.54) is 0 Å². The van der Waals surface area contributed by atoms with Crippen LogP contribution in [0, 0.1) is 0 Å². The van der Waals surface area contributed by atoms with Crippen LogP contribution in [0.15, 0.2) is 24.3 Å². The van der Waals surface area contributed by atoms with Gasteiger partial charge in [-0.3, -0.25) is 0 Å². The van der Waals surface area contributed by atoms with Crippen LogP contribution in [0.2, 0.25) is 0 Å². The predicted molar refractivity (Wildman–Crippen MR) is 62.3 cm³/mol. The zero-order valence-electron chi connectivity index (χ0n) is 9.85. The predicted octanol–water partition coefficient (Wildman–Crippen LogP) is 2.03. The standard InChI is InChI=1S/C13H16O4/c1-15-11-5-2-4-10(8-11)13(14)17-9-12-6-3-7-16-12/h2,4-5,8,12H,3,6-7,9H2,1H3. The van der Waals surface area contributed by atoms with E-state index in [9.17, 15) is 4.79 Å². The van der Waals surface area contributed by atoms with Crippen molar-refractivity contribution in [2.45, 2.75) is 18.9 Å². The Bertz CT molecular complexity index is 383. The van der Waals surface area contributed by atoms with Crippen LogP contribution in [0.25, 0.3) is 0 Å². The SMILES string of the molecule is COc1cccc(C(=O)OCC2CCCO2)c1. The Morgan fingerprint density at radius 2 is 2.41 bits per heavy atom. The van der Waals surface area contributed by atoms with E-state index in [2.05, 4.69) is 0 Å². The van der Waals surface area contributed by atoms with E-state index in [-0.39, 0.29) is 12.1 Å². The third-order valence-corrected chi connectivity index (χ3v) is 2.73. The highest BCUT2D eigenvalue weighted by Gasteiger charge is 2.18. The van der Waals surface area contributed by atoms with Gasteiger partial charge in [0.2, 0.25) is 0 Å². The number of benzene rings is 1. The van der Waals surface area contributed by atoms with Gasteiger partial charge in [-0.1, -0.05) is 6.07 Å². The molecule has 1 aliphatic heterocycles. The molecule has 1 atom stereocenters. The Hall–Kier alpha value is -1.55. The zero-order valence-corrected chi connectivity index (χ0v) is 9.85. The number of ether oxygens (including phenoxy) is 3. The van der Waals surface area contributed by atoms with Crippen LogP contribution in [0.3, 0.4) is 0 Å². The lowest BCUT2D eigenvalue weighted by atomic mass is 10.2. The number of hydrogen-bond acceptors (Lipinski definition) is 4. The van der Waals surface area contributed by atoms with Gasteiger partial charge < -0.3 is 14.2 Å². The lowest BCUT2D eigenvalue weighted by molar-refractivity contribution is 0.0161. The number of hydrogen-bond donors (Lipinski definition) is 0. The van der Waals surface area contributed by atoms with E-state index < -0.39 is 0 Å². The Morgan fingerprint density at radius 3 is 3.12 bits per heavy atom. The van der Waals surface area contributed by atoms with E-state index in [1.807, 2.05) is 0 Å². The molecule has 17 heavy (non-hydrogen) atoms. The number of methoxy groups -OCH3 is 1. The molecule has 1 saturated heterocycles. The van der Waals surface area contributed by atoms with Crippen molar-refractivity contribution in [3.63, 3.8) is 0 Å². The van der Waals surface area contributed by atoms with Gasteiger partial charge in [0, 0.05) is 6.61 Å². The van der Waals surface area contributed by atoms with E-state index in [4.69, 9.17) is 14.2 Å². The Kier molecular flexibility index (Phi) is 3.98. The number of carbonyl (C=O) groups is 1. The molecule has 0 spiro atoms. The maximum Gasteiger partial charge on any atom is 0.338 e. The molecule has 0 radical (unpaired) electrons. The molecule has 0 amide bonds. The van der Waals surface area contributed by atoms with Crippen LogP contribution >= 0.6 is 0 Å². The van der Waals surface area contributed by atoms with Crippen molar-refractivity contribution in [2.24, 2.45) is 0 Å². The summed E-state index contributed by atoms with van der Waals surface area (Å²) in [5.74, 6) is 0.316. The molecule has 0 aromatic heterocycles. The fourth-order valence-corrected chi connectivity index (χ4v) is 1.78. The Labute approximate surface area is 100 Å². The smallest absolute Gasteiger partial charge is 0.338 e. The molecule has 0 aliphatic carbocycles. The van der Waals surface area contributed by atoms with Crippen LogP contribution in [0.5, 0.6) is 5.75 Å². The maximum absolute atomic E-state index is 11.7. The highest BCUT2D eigenvalue weighted by Crippen LogP contribution is 2.15. The van der Waals surface area contributed by atoms with E-state index in [0.29, 0.717) is 17.9 Å². The molecule has 1 aromatic rings. The van der Waals surface area contributed by atoms with Gasteiger partial charge in [-0.15, -0.1) is 0 Å². The topological polar surface area (TPSA) is 44.8 Å². The van der Waals surface area contributed by atoms with Gasteiger partial charge >= 0.3 is 5.97 Å². The molecule has 0 saturated carbocycles. The molecule has 4 heteroatoms. The molecule has 92 valence electrons. The third-order valence-electron chi connectivity index (χ3n) is 2.73. The minimum absolute atomic E-state index is 0.0598. The summed E-state index contributed by atoms with van der Waals surface area (Å²) in [7, 11) is 1.57. The molecule has 1 unspecified atom stereocenters. The van der Waals surface area contributed by atoms with Crippen molar-refractivity contribution in [1.29, 1.82) is 0 Å². The molecule has 1 aromatic carbocycles. The second-order valence-corrected chi connectivity index (χ2v) is 3.97. The minimum Gasteiger partial charge on any atom is -0.497 e. The van der Waals surface area contributed by atoms with Crippen molar-refractivity contribution >= 4 is 5.97 Å². The zero-order chi connectivity index (χ0) is 12.1. The average Bonchev–Trinajstić information content (AvgIpc) is 2.89. The third kappa shape index (κ3) is 3.20. The monoisotopic (exact) mass is 236 g/mol. The van der Waals surface area contributed by atoms with Crippen LogP contribution in [-0.2, 0) is 9.47 Å². The van der Waals surface area contributed by atoms with Gasteiger partial charge in [0.05, 0.1) is 18.8 Å². The minimum atomic E-state index is -0.334. The summed E-state index contributed by atoms with van der Waals surface area (Å²) in [6.07, 6.45) is 2.07. The largest absolute Gasteiger partial charge is 0.497 e. The molecule has 0 bridgehead atoms. The molecule has 0 N–H and O–H groups in total. The van der Waals surface area contributed by atoms with Gasteiger partial charge in [0.1, 0.15) is 12.4 Å². The van der Waals surface area contributed by atoms with Crippen molar-refractivity contribution in [2.75, 3.05) is 20.3 Å². The first-order valence-corrected chi connectivity index (χ1v) is 5.72. The first kappa shape index (κ1) is 11.9. The molecule has 1 fully saturated rings. The van der Waals surface area contributed by atoms with Gasteiger partial charge in [0.15, 0.2) is 0 Å². The lowest BCUT2D eigenvalue weighted by Crippen LogP contribution is -2.17. The maximum atomic E-state index is 11.7. The number of carbonyl (C=O) groups excluding carboxylic acids is 1. The van der Waals surface area contributed by atoms with Crippen molar-refractivity contribution in [3.8, 4) is 5.75 Å². The summed E-state index contributed by atoms with van der Waals surface area (Å²) >= 11 is 0. The van der Waals surface area contributed by atoms with Crippen molar-refractivity contribution in [1.82, 2.24) is 0 Å². The van der Waals surface area contributed by atoms with E-state index in [1.54, 1.807) is 31.4 Å². The molecule has 1 heterocycles. The first-order chi connectivity index (χ1) is 8.29. The summed E-state index contributed by atoms with van der Waals surface area (Å²) in [5.41, 5.74) is 0.502. The van der Waals surface area contributed by atoms with Gasteiger partial charge in [-0.2, -0.15) is 0 Å². The summed E-state index contributed by atoms with van der Waals surface area (Å²) in [4.78, 5) is 11.7. The highest BCUT2D eigenvalue weighted by atomic mass is 16.6. The first-order valence-electron chi connectivity index (χ1n) is 5.72. The van der Waals surface area contributed by atoms with Crippen LogP contribution in [0.4, 0.5) is 0 Å². The molecule has 1 aliphatic rings. The normalized spacial score (nSPS) is 19.0. The average molecular weight is 236 g/mol. The molecule has 4 nitrogen and oxygen atoms in total. The second kappa shape index (κ2) is 5.68. The molecular weight excluding hydrogens is 220 g/mol. The van der Waals surface area contributed by atoms with Crippen LogP contribution < -0.4 is 4.74 Å². The molecule has 2 rings (SSSR count). The van der Waals surface area contributed by atoms with Crippen molar-refractivity contribution in [3.05, 3.63) is 29.8 Å². The fourth-order valence-electron chi connectivity index (χ4n) is 1.78. The Morgan fingerprint density at radius 1 is 1.53 bits per heavy atom. The molecular formula is C13H16O4. The second-order valence-electron chi connectivity index (χ2n) is 3.97. The quantitative estimate of drug-likeness (QED) is 0.750. The highest BCUT2D eigenvalue weighted by molar-refractivity contribution is 5.89. The fraction of sp³-hybridized carbons (Fsp3) is 0.462. The number of rotatable bonds is 4. The van der Waals surface area contributed by atoms with Crippen LogP contribution in [-0.4, -0.2) is 32.4 Å². The van der Waals surface area contributed by atoms with E-state index >= 15 is 0 Å². The summed E-state index contributed by atoms with van der Waals surface area (Å²) < 4.78 is 15.6. The Balaban J connectivity index is 1.89. The van der Waals surface area contributed by atoms with Crippen molar-refractivity contribution < 1.29 is 19.0 Å². The summed E-state index contributed by atoms with van der Waals surface area (Å²) in [5, 5.41) is 0. The van der Waals surface area contributed by atoms with Gasteiger partial charge in [-0.05, 0) is 31.0 Å². The van der Waals surface area contributed by atoms with E-state index in [0.717, 1.165) is 19.4 Å². The summed E-state index contributed by atoms with van der Waals surface area (Å²) in [6.45, 7) is 1.09. The van der Waals surface area contributed by atoms with Crippen LogP contribution in [0.1, 0.15) is 23.2 Å². The summed E-state index contributed by atoms with van der Waals surface area (Å²) in [6, 6.07) is 6.93. The number of esters is 1. The van der Waals surface area contributed by atoms with Gasteiger partial charge in [0.25, 0.3) is 0 Å².